The van der Waals surface area contributed by atoms with Crippen LogP contribution in [0.1, 0.15) is 32.7 Å². The third-order valence-corrected chi connectivity index (χ3v) is 5.65. The lowest BCUT2D eigenvalue weighted by Gasteiger charge is -2.30. The molecule has 0 aromatic heterocycles. The summed E-state index contributed by atoms with van der Waals surface area (Å²) in [6, 6.07) is 18.1. The van der Waals surface area contributed by atoms with Gasteiger partial charge >= 0.3 is 0 Å². The van der Waals surface area contributed by atoms with Gasteiger partial charge in [-0.2, -0.15) is 0 Å². The van der Waals surface area contributed by atoms with E-state index in [4.69, 9.17) is 22.1 Å². The van der Waals surface area contributed by atoms with Gasteiger partial charge in [0.2, 0.25) is 5.91 Å². The van der Waals surface area contributed by atoms with Crippen LogP contribution in [-0.2, 0) is 6.42 Å². The summed E-state index contributed by atoms with van der Waals surface area (Å²) in [6.45, 7) is 0.653. The Bertz CT molecular complexity index is 1140. The van der Waals surface area contributed by atoms with Crippen molar-refractivity contribution in [1.29, 1.82) is 0 Å². The van der Waals surface area contributed by atoms with Crippen molar-refractivity contribution in [3.8, 4) is 16.9 Å². The number of rotatable bonds is 4. The van der Waals surface area contributed by atoms with Crippen molar-refractivity contribution in [2.75, 3.05) is 18.6 Å². The number of halogens is 1. The number of ether oxygens (including phenoxy) is 1. The van der Waals surface area contributed by atoms with Crippen molar-refractivity contribution < 1.29 is 14.3 Å². The standard InChI is InChI=1S/C24H21ClN2O3/c1-30-19-6-2-4-18(13-19)24(29)27-11-3-5-16-12-15(8-10-22(16)27)20-14-17(23(26)28)7-9-21(20)25/h2,4,6-10,12-14H,3,5,11H2,1H3,(H2,26,28). The molecular weight excluding hydrogens is 400 g/mol. The van der Waals surface area contributed by atoms with Gasteiger partial charge in [0.15, 0.2) is 0 Å². The normalized spacial score (nSPS) is 12.9. The van der Waals surface area contributed by atoms with Gasteiger partial charge in [-0.1, -0.05) is 23.7 Å². The molecule has 0 aliphatic carbocycles. The van der Waals surface area contributed by atoms with Gasteiger partial charge in [-0.15, -0.1) is 0 Å². The maximum absolute atomic E-state index is 13.2. The fourth-order valence-electron chi connectivity index (χ4n) is 3.79. The fourth-order valence-corrected chi connectivity index (χ4v) is 4.01. The molecule has 0 atom stereocenters. The predicted octanol–water partition coefficient (Wildman–Crippen LogP) is 4.71. The number of carbonyl (C=O) groups is 2. The second-order valence-corrected chi connectivity index (χ2v) is 7.60. The van der Waals surface area contributed by atoms with E-state index in [1.165, 1.54) is 0 Å². The molecule has 30 heavy (non-hydrogen) atoms. The summed E-state index contributed by atoms with van der Waals surface area (Å²) in [4.78, 5) is 26.5. The molecule has 0 radical (unpaired) electrons. The second kappa shape index (κ2) is 8.20. The molecule has 4 rings (SSSR count). The molecule has 0 spiro atoms. The Morgan fingerprint density at radius 2 is 1.87 bits per heavy atom. The smallest absolute Gasteiger partial charge is 0.258 e. The highest BCUT2D eigenvalue weighted by Crippen LogP contribution is 2.35. The molecule has 152 valence electrons. The molecule has 2 N–H and O–H groups in total. The predicted molar refractivity (Wildman–Crippen MR) is 118 cm³/mol. The average Bonchev–Trinajstić information content (AvgIpc) is 2.78. The van der Waals surface area contributed by atoms with E-state index in [-0.39, 0.29) is 5.91 Å². The summed E-state index contributed by atoms with van der Waals surface area (Å²) < 4.78 is 5.25. The molecule has 0 saturated carbocycles. The first-order chi connectivity index (χ1) is 14.5. The molecule has 0 fully saturated rings. The summed E-state index contributed by atoms with van der Waals surface area (Å²) in [5, 5.41) is 0.542. The van der Waals surface area contributed by atoms with Crippen LogP contribution in [0.3, 0.4) is 0 Å². The quantitative estimate of drug-likeness (QED) is 0.664. The Morgan fingerprint density at radius 3 is 2.63 bits per heavy atom. The van der Waals surface area contributed by atoms with Crippen LogP contribution in [-0.4, -0.2) is 25.5 Å². The Hall–Kier alpha value is -3.31. The van der Waals surface area contributed by atoms with Gasteiger partial charge in [0.25, 0.3) is 5.91 Å². The Labute approximate surface area is 180 Å². The van der Waals surface area contributed by atoms with Gasteiger partial charge < -0.3 is 15.4 Å². The summed E-state index contributed by atoms with van der Waals surface area (Å²) in [7, 11) is 1.58. The van der Waals surface area contributed by atoms with Gasteiger partial charge in [0.05, 0.1) is 7.11 Å². The minimum atomic E-state index is -0.499. The third-order valence-electron chi connectivity index (χ3n) is 5.32. The van der Waals surface area contributed by atoms with Crippen molar-refractivity contribution in [2.45, 2.75) is 12.8 Å². The molecule has 3 aromatic rings. The number of fused-ring (bicyclic) bond motifs is 1. The lowest BCUT2D eigenvalue weighted by atomic mass is 9.95. The zero-order valence-electron chi connectivity index (χ0n) is 16.5. The minimum Gasteiger partial charge on any atom is -0.497 e. The van der Waals surface area contributed by atoms with E-state index < -0.39 is 5.91 Å². The first-order valence-electron chi connectivity index (χ1n) is 9.66. The molecule has 0 saturated heterocycles. The van der Waals surface area contributed by atoms with Crippen molar-refractivity contribution in [3.63, 3.8) is 0 Å². The van der Waals surface area contributed by atoms with Crippen LogP contribution in [0.2, 0.25) is 5.02 Å². The number of hydrogen-bond donors (Lipinski definition) is 1. The average molecular weight is 421 g/mol. The second-order valence-electron chi connectivity index (χ2n) is 7.19. The first-order valence-corrected chi connectivity index (χ1v) is 10.0. The molecule has 1 heterocycles. The number of aryl methyl sites for hydroxylation is 1. The maximum Gasteiger partial charge on any atom is 0.258 e. The Morgan fingerprint density at radius 1 is 1.03 bits per heavy atom. The monoisotopic (exact) mass is 420 g/mol. The molecular formula is C24H21ClN2O3. The van der Waals surface area contributed by atoms with Crippen LogP contribution < -0.4 is 15.4 Å². The van der Waals surface area contributed by atoms with Crippen molar-refractivity contribution in [1.82, 2.24) is 0 Å². The maximum atomic E-state index is 13.2. The van der Waals surface area contributed by atoms with Crippen LogP contribution in [0.5, 0.6) is 5.75 Å². The summed E-state index contributed by atoms with van der Waals surface area (Å²) in [6.07, 6.45) is 1.72. The van der Waals surface area contributed by atoms with Gasteiger partial charge in [-0.3, -0.25) is 9.59 Å². The molecule has 1 aliphatic heterocycles. The number of benzene rings is 3. The number of anilines is 1. The third kappa shape index (κ3) is 3.76. The van der Waals surface area contributed by atoms with Crippen LogP contribution in [0.15, 0.2) is 60.7 Å². The van der Waals surface area contributed by atoms with E-state index >= 15 is 0 Å². The number of carbonyl (C=O) groups excluding carboxylic acids is 2. The molecule has 5 nitrogen and oxygen atoms in total. The van der Waals surface area contributed by atoms with Crippen LogP contribution in [0, 0.1) is 0 Å². The van der Waals surface area contributed by atoms with E-state index in [1.54, 1.807) is 42.3 Å². The lowest BCUT2D eigenvalue weighted by Crippen LogP contribution is -2.35. The molecule has 0 bridgehead atoms. The number of methoxy groups -OCH3 is 1. The highest BCUT2D eigenvalue weighted by Gasteiger charge is 2.24. The summed E-state index contributed by atoms with van der Waals surface area (Å²) in [5.41, 5.74) is 9.99. The lowest BCUT2D eigenvalue weighted by molar-refractivity contribution is 0.0981. The highest BCUT2D eigenvalue weighted by molar-refractivity contribution is 6.33. The first kappa shape index (κ1) is 20.0. The topological polar surface area (TPSA) is 72.6 Å². The number of amides is 2. The van der Waals surface area contributed by atoms with E-state index in [2.05, 4.69) is 0 Å². The number of primary amides is 1. The molecule has 1 aliphatic rings. The van der Waals surface area contributed by atoms with Gasteiger partial charge in [0, 0.05) is 33.9 Å². The van der Waals surface area contributed by atoms with Crippen LogP contribution in [0.25, 0.3) is 11.1 Å². The zero-order chi connectivity index (χ0) is 21.3. The van der Waals surface area contributed by atoms with Crippen molar-refractivity contribution >= 4 is 29.1 Å². The van der Waals surface area contributed by atoms with Gasteiger partial charge in [-0.05, 0) is 72.5 Å². The molecule has 6 heteroatoms. The molecule has 3 aromatic carbocycles. The van der Waals surface area contributed by atoms with Crippen molar-refractivity contribution in [3.05, 3.63) is 82.4 Å². The molecule has 2 amide bonds. The minimum absolute atomic E-state index is 0.0589. The Balaban J connectivity index is 1.70. The zero-order valence-corrected chi connectivity index (χ0v) is 17.3. The van der Waals surface area contributed by atoms with E-state index in [9.17, 15) is 9.59 Å². The largest absolute Gasteiger partial charge is 0.497 e. The van der Waals surface area contributed by atoms with Crippen LogP contribution in [0.4, 0.5) is 5.69 Å². The van der Waals surface area contributed by atoms with Crippen molar-refractivity contribution in [2.24, 2.45) is 5.73 Å². The van der Waals surface area contributed by atoms with Gasteiger partial charge in [0.1, 0.15) is 5.75 Å². The van der Waals surface area contributed by atoms with Gasteiger partial charge in [-0.25, -0.2) is 0 Å². The fraction of sp³-hybridized carbons (Fsp3) is 0.167. The van der Waals surface area contributed by atoms with E-state index in [0.717, 1.165) is 35.2 Å². The van der Waals surface area contributed by atoms with E-state index in [0.29, 0.717) is 28.4 Å². The summed E-state index contributed by atoms with van der Waals surface area (Å²) in [5.74, 6) is 0.0923. The Kier molecular flexibility index (Phi) is 5.46. The molecule has 0 unspecified atom stereocenters. The van der Waals surface area contributed by atoms with Crippen LogP contribution >= 0.6 is 11.6 Å². The van der Waals surface area contributed by atoms with E-state index in [1.807, 2.05) is 30.3 Å². The summed E-state index contributed by atoms with van der Waals surface area (Å²) >= 11 is 6.38. The number of nitrogens with zero attached hydrogens (tertiary/aromatic N) is 1. The highest BCUT2D eigenvalue weighted by atomic mass is 35.5. The SMILES string of the molecule is COc1cccc(C(=O)N2CCCc3cc(-c4cc(C(N)=O)ccc4Cl)ccc32)c1. The number of nitrogens with two attached hydrogens (primary N) is 1. The number of hydrogen-bond acceptors (Lipinski definition) is 3.